The standard InChI is InChI=1S/C7H9N2O2S/c1-12-7-9-4-5(11-7)2-3-6(8)10/h2,4H,3H2,1H3,(H2,8,10). The zero-order chi connectivity index (χ0) is 8.97. The lowest BCUT2D eigenvalue weighted by Gasteiger charge is -1.90. The lowest BCUT2D eigenvalue weighted by Crippen LogP contribution is -2.09. The molecule has 0 atom stereocenters. The predicted molar refractivity (Wildman–Crippen MR) is 45.5 cm³/mol. The van der Waals surface area contributed by atoms with Crippen molar-refractivity contribution >= 4 is 17.7 Å². The summed E-state index contributed by atoms with van der Waals surface area (Å²) < 4.78 is 5.17. The van der Waals surface area contributed by atoms with E-state index in [0.29, 0.717) is 11.0 Å². The van der Waals surface area contributed by atoms with Gasteiger partial charge in [-0.3, -0.25) is 4.79 Å². The summed E-state index contributed by atoms with van der Waals surface area (Å²) >= 11 is 1.41. The first kappa shape index (κ1) is 9.12. The molecule has 0 aromatic carbocycles. The number of thioether (sulfide) groups is 1. The molecule has 2 N–H and O–H groups in total. The Morgan fingerprint density at radius 1 is 1.92 bits per heavy atom. The van der Waals surface area contributed by atoms with Crippen LogP contribution >= 0.6 is 11.8 Å². The van der Waals surface area contributed by atoms with Crippen LogP contribution in [0.5, 0.6) is 0 Å². The van der Waals surface area contributed by atoms with Gasteiger partial charge in [0.15, 0.2) is 0 Å². The average Bonchev–Trinajstić information content (AvgIpc) is 2.48. The Balaban J connectivity index is 2.47. The third-order valence-electron chi connectivity index (χ3n) is 1.18. The number of amides is 1. The zero-order valence-electron chi connectivity index (χ0n) is 6.61. The number of carbonyl (C=O) groups is 1. The molecule has 0 aliphatic rings. The summed E-state index contributed by atoms with van der Waals surface area (Å²) in [4.78, 5) is 14.3. The van der Waals surface area contributed by atoms with Gasteiger partial charge in [0.1, 0.15) is 5.76 Å². The summed E-state index contributed by atoms with van der Waals surface area (Å²) in [6.45, 7) is 0. The van der Waals surface area contributed by atoms with Crippen LogP contribution in [0.25, 0.3) is 0 Å². The van der Waals surface area contributed by atoms with Gasteiger partial charge in [-0.05, 0) is 6.26 Å². The molecule has 5 heteroatoms. The molecule has 1 aromatic heterocycles. The quantitative estimate of drug-likeness (QED) is 0.705. The molecule has 0 spiro atoms. The maximum absolute atomic E-state index is 10.4. The number of aromatic nitrogens is 1. The first-order chi connectivity index (χ1) is 5.72. The summed E-state index contributed by atoms with van der Waals surface area (Å²) in [5.74, 6) is 0.204. The lowest BCUT2D eigenvalue weighted by molar-refractivity contribution is -0.117. The van der Waals surface area contributed by atoms with Gasteiger partial charge < -0.3 is 10.2 Å². The topological polar surface area (TPSA) is 69.1 Å². The van der Waals surface area contributed by atoms with Crippen LogP contribution in [0.3, 0.4) is 0 Å². The van der Waals surface area contributed by atoms with E-state index in [1.54, 1.807) is 12.6 Å². The van der Waals surface area contributed by atoms with E-state index in [2.05, 4.69) is 4.98 Å². The Morgan fingerprint density at radius 2 is 2.67 bits per heavy atom. The Hall–Kier alpha value is -0.970. The van der Waals surface area contributed by atoms with Gasteiger partial charge in [-0.15, -0.1) is 0 Å². The Bertz CT molecular complexity index is 272. The van der Waals surface area contributed by atoms with Gasteiger partial charge in [0.05, 0.1) is 6.20 Å². The molecule has 12 heavy (non-hydrogen) atoms. The number of primary amides is 1. The van der Waals surface area contributed by atoms with Crippen molar-refractivity contribution < 1.29 is 9.21 Å². The summed E-state index contributed by atoms with van der Waals surface area (Å²) in [5.41, 5.74) is 4.94. The number of nitrogens with zero attached hydrogens (tertiary/aromatic N) is 1. The highest BCUT2D eigenvalue weighted by Gasteiger charge is 2.04. The van der Waals surface area contributed by atoms with E-state index >= 15 is 0 Å². The van der Waals surface area contributed by atoms with E-state index in [1.165, 1.54) is 11.8 Å². The number of carbonyl (C=O) groups excluding carboxylic acids is 1. The molecule has 1 rings (SSSR count). The van der Waals surface area contributed by atoms with Gasteiger partial charge in [0.2, 0.25) is 5.91 Å². The molecule has 0 bridgehead atoms. The Morgan fingerprint density at radius 3 is 3.17 bits per heavy atom. The van der Waals surface area contributed by atoms with Crippen molar-refractivity contribution in [1.29, 1.82) is 0 Å². The molecule has 4 nitrogen and oxygen atoms in total. The van der Waals surface area contributed by atoms with E-state index in [-0.39, 0.29) is 12.3 Å². The van der Waals surface area contributed by atoms with Crippen molar-refractivity contribution in [2.75, 3.05) is 6.26 Å². The molecule has 0 aliphatic heterocycles. The first-order valence-corrected chi connectivity index (χ1v) is 4.56. The third-order valence-corrected chi connectivity index (χ3v) is 1.72. The second kappa shape index (κ2) is 4.15. The molecule has 0 aliphatic carbocycles. The minimum absolute atomic E-state index is 0.184. The molecule has 65 valence electrons. The van der Waals surface area contributed by atoms with Gasteiger partial charge in [-0.25, -0.2) is 4.98 Å². The minimum Gasteiger partial charge on any atom is -0.436 e. The van der Waals surface area contributed by atoms with Crippen LogP contribution in [0.1, 0.15) is 12.2 Å². The van der Waals surface area contributed by atoms with E-state index in [1.807, 2.05) is 6.26 Å². The van der Waals surface area contributed by atoms with Crippen molar-refractivity contribution in [2.45, 2.75) is 11.6 Å². The van der Waals surface area contributed by atoms with Crippen LogP contribution in [0.4, 0.5) is 0 Å². The molecule has 0 unspecified atom stereocenters. The summed E-state index contributed by atoms with van der Waals surface area (Å²) in [7, 11) is 0. The molecular formula is C7H9N2O2S. The summed E-state index contributed by atoms with van der Waals surface area (Å²) in [6, 6.07) is 0. The number of nitrogens with two attached hydrogens (primary N) is 1. The van der Waals surface area contributed by atoms with Crippen LogP contribution in [-0.4, -0.2) is 17.1 Å². The Kier molecular flexibility index (Phi) is 3.16. The highest BCUT2D eigenvalue weighted by molar-refractivity contribution is 7.98. The second-order valence-corrected chi connectivity index (χ2v) is 2.86. The number of hydrogen-bond donors (Lipinski definition) is 1. The maximum Gasteiger partial charge on any atom is 0.255 e. The fourth-order valence-electron chi connectivity index (χ4n) is 0.660. The third kappa shape index (κ3) is 2.58. The highest BCUT2D eigenvalue weighted by atomic mass is 32.2. The normalized spacial score (nSPS) is 10.1. The Labute approximate surface area is 74.5 Å². The first-order valence-electron chi connectivity index (χ1n) is 3.33. The van der Waals surface area contributed by atoms with E-state index in [4.69, 9.17) is 10.2 Å². The molecule has 0 saturated heterocycles. The fraction of sp³-hybridized carbons (Fsp3) is 0.286. The maximum atomic E-state index is 10.4. The van der Waals surface area contributed by atoms with Gasteiger partial charge >= 0.3 is 0 Å². The smallest absolute Gasteiger partial charge is 0.255 e. The SMILES string of the molecule is CSc1ncc([CH]CC(N)=O)o1. The average molecular weight is 185 g/mol. The minimum atomic E-state index is -0.378. The van der Waals surface area contributed by atoms with Gasteiger partial charge in [0.25, 0.3) is 5.22 Å². The van der Waals surface area contributed by atoms with Crippen LogP contribution in [0.15, 0.2) is 15.8 Å². The number of rotatable bonds is 4. The van der Waals surface area contributed by atoms with E-state index in [0.717, 1.165) is 0 Å². The zero-order valence-corrected chi connectivity index (χ0v) is 7.43. The van der Waals surface area contributed by atoms with Crippen LogP contribution in [0.2, 0.25) is 0 Å². The molecule has 0 fully saturated rings. The molecular weight excluding hydrogens is 176 g/mol. The molecule has 1 aromatic rings. The number of hydrogen-bond acceptors (Lipinski definition) is 4. The summed E-state index contributed by atoms with van der Waals surface area (Å²) in [5, 5.41) is 0.589. The van der Waals surface area contributed by atoms with Crippen molar-refractivity contribution in [1.82, 2.24) is 4.98 Å². The van der Waals surface area contributed by atoms with Crippen LogP contribution in [-0.2, 0) is 4.79 Å². The predicted octanol–water partition coefficient (Wildman–Crippen LogP) is 0.824. The lowest BCUT2D eigenvalue weighted by atomic mass is 10.2. The largest absolute Gasteiger partial charge is 0.436 e. The monoisotopic (exact) mass is 185 g/mol. The van der Waals surface area contributed by atoms with Gasteiger partial charge in [0, 0.05) is 12.8 Å². The van der Waals surface area contributed by atoms with Crippen LogP contribution < -0.4 is 5.73 Å². The van der Waals surface area contributed by atoms with Gasteiger partial charge in [-0.1, -0.05) is 11.8 Å². The van der Waals surface area contributed by atoms with Crippen molar-refractivity contribution in [3.63, 3.8) is 0 Å². The van der Waals surface area contributed by atoms with Gasteiger partial charge in [-0.2, -0.15) is 0 Å². The molecule has 1 radical (unpaired) electrons. The van der Waals surface area contributed by atoms with E-state index < -0.39 is 0 Å². The summed E-state index contributed by atoms with van der Waals surface area (Å²) in [6.07, 6.45) is 5.22. The number of oxazole rings is 1. The van der Waals surface area contributed by atoms with Crippen molar-refractivity contribution in [3.05, 3.63) is 18.4 Å². The molecule has 0 saturated carbocycles. The van der Waals surface area contributed by atoms with Crippen LogP contribution in [0, 0.1) is 6.42 Å². The fourth-order valence-corrected chi connectivity index (χ4v) is 0.997. The molecule has 1 amide bonds. The molecule has 1 heterocycles. The second-order valence-electron chi connectivity index (χ2n) is 2.11. The van der Waals surface area contributed by atoms with E-state index in [9.17, 15) is 4.79 Å². The highest BCUT2D eigenvalue weighted by Crippen LogP contribution is 2.15. The van der Waals surface area contributed by atoms with Crippen molar-refractivity contribution in [3.8, 4) is 0 Å². The van der Waals surface area contributed by atoms with Crippen molar-refractivity contribution in [2.24, 2.45) is 5.73 Å².